The largest absolute Gasteiger partial charge is 0.316 e. The molecule has 1 N–H and O–H groups in total. The molecule has 0 aliphatic carbocycles. The van der Waals surface area contributed by atoms with Crippen LogP contribution in [-0.2, 0) is 0 Å². The number of rotatable bonds is 3. The summed E-state index contributed by atoms with van der Waals surface area (Å²) < 4.78 is 0. The molecule has 0 saturated carbocycles. The van der Waals surface area contributed by atoms with E-state index in [0.717, 1.165) is 25.6 Å². The topological polar surface area (TPSA) is 15.3 Å². The monoisotopic (exact) mass is 166 g/mol. The first-order chi connectivity index (χ1) is 5.83. The Morgan fingerprint density at radius 3 is 3.08 bits per heavy atom. The first-order valence-electron chi connectivity index (χ1n) is 4.65. The third kappa shape index (κ3) is 3.25. The SMILES string of the molecule is C#CCN(C)C[C@H]1CCCNC1. The van der Waals surface area contributed by atoms with Crippen LogP contribution in [0.25, 0.3) is 0 Å². The maximum absolute atomic E-state index is 5.23. The molecule has 68 valence electrons. The second kappa shape index (κ2) is 5.18. The van der Waals surface area contributed by atoms with Gasteiger partial charge in [-0.15, -0.1) is 6.42 Å². The molecule has 0 unspecified atom stereocenters. The molecule has 1 rings (SSSR count). The van der Waals surface area contributed by atoms with Crippen LogP contribution in [0.3, 0.4) is 0 Å². The third-order valence-electron chi connectivity index (χ3n) is 2.33. The predicted octanol–water partition coefficient (Wildman–Crippen LogP) is 0.551. The fourth-order valence-electron chi connectivity index (χ4n) is 1.74. The Bertz CT molecular complexity index is 154. The Balaban J connectivity index is 2.16. The van der Waals surface area contributed by atoms with E-state index in [1.165, 1.54) is 19.4 Å². The number of nitrogens with one attached hydrogen (secondary N) is 1. The summed E-state index contributed by atoms with van der Waals surface area (Å²) in [5.41, 5.74) is 0. The fourth-order valence-corrected chi connectivity index (χ4v) is 1.74. The second-order valence-electron chi connectivity index (χ2n) is 3.61. The van der Waals surface area contributed by atoms with Crippen LogP contribution < -0.4 is 5.32 Å². The minimum absolute atomic E-state index is 0.774. The highest BCUT2D eigenvalue weighted by atomic mass is 15.1. The van der Waals surface area contributed by atoms with E-state index < -0.39 is 0 Å². The van der Waals surface area contributed by atoms with Gasteiger partial charge in [-0.25, -0.2) is 0 Å². The van der Waals surface area contributed by atoms with E-state index in [1.54, 1.807) is 0 Å². The highest BCUT2D eigenvalue weighted by Crippen LogP contribution is 2.10. The molecule has 1 fully saturated rings. The van der Waals surface area contributed by atoms with E-state index >= 15 is 0 Å². The van der Waals surface area contributed by atoms with Crippen molar-refractivity contribution in [3.05, 3.63) is 0 Å². The Labute approximate surface area is 75.3 Å². The van der Waals surface area contributed by atoms with Gasteiger partial charge in [0.1, 0.15) is 0 Å². The molecule has 0 aromatic heterocycles. The summed E-state index contributed by atoms with van der Waals surface area (Å²) in [7, 11) is 2.09. The minimum atomic E-state index is 0.774. The highest BCUT2D eigenvalue weighted by molar-refractivity contribution is 4.87. The van der Waals surface area contributed by atoms with Gasteiger partial charge < -0.3 is 5.32 Å². The van der Waals surface area contributed by atoms with Crippen LogP contribution in [0.15, 0.2) is 0 Å². The second-order valence-corrected chi connectivity index (χ2v) is 3.61. The lowest BCUT2D eigenvalue weighted by atomic mass is 9.99. The maximum Gasteiger partial charge on any atom is 0.0596 e. The fraction of sp³-hybridized carbons (Fsp3) is 0.800. The number of hydrogen-bond acceptors (Lipinski definition) is 2. The number of terminal acetylenes is 1. The minimum Gasteiger partial charge on any atom is -0.316 e. The molecule has 0 spiro atoms. The molecule has 2 nitrogen and oxygen atoms in total. The number of piperidine rings is 1. The van der Waals surface area contributed by atoms with Crippen molar-refractivity contribution in [1.29, 1.82) is 0 Å². The van der Waals surface area contributed by atoms with Gasteiger partial charge in [-0.1, -0.05) is 5.92 Å². The van der Waals surface area contributed by atoms with Crippen molar-refractivity contribution in [3.8, 4) is 12.3 Å². The molecule has 0 amide bonds. The van der Waals surface area contributed by atoms with Crippen molar-refractivity contribution in [2.45, 2.75) is 12.8 Å². The Morgan fingerprint density at radius 1 is 1.67 bits per heavy atom. The van der Waals surface area contributed by atoms with Gasteiger partial charge in [-0.2, -0.15) is 0 Å². The van der Waals surface area contributed by atoms with Gasteiger partial charge in [0.05, 0.1) is 6.54 Å². The van der Waals surface area contributed by atoms with Gasteiger partial charge >= 0.3 is 0 Å². The summed E-state index contributed by atoms with van der Waals surface area (Å²) in [6.07, 6.45) is 7.89. The molecule has 1 saturated heterocycles. The normalized spacial score (nSPS) is 23.9. The number of nitrogens with zero attached hydrogens (tertiary/aromatic N) is 1. The Morgan fingerprint density at radius 2 is 2.50 bits per heavy atom. The van der Waals surface area contributed by atoms with Gasteiger partial charge in [0.25, 0.3) is 0 Å². The van der Waals surface area contributed by atoms with Crippen LogP contribution in [0.2, 0.25) is 0 Å². The van der Waals surface area contributed by atoms with Crippen molar-refractivity contribution in [2.75, 3.05) is 33.2 Å². The van der Waals surface area contributed by atoms with E-state index in [2.05, 4.69) is 23.2 Å². The lowest BCUT2D eigenvalue weighted by Gasteiger charge is -2.26. The van der Waals surface area contributed by atoms with Crippen LogP contribution in [0, 0.1) is 18.3 Å². The van der Waals surface area contributed by atoms with Gasteiger partial charge in [0.2, 0.25) is 0 Å². The summed E-state index contributed by atoms with van der Waals surface area (Å²) in [4.78, 5) is 2.22. The van der Waals surface area contributed by atoms with Gasteiger partial charge in [-0.3, -0.25) is 4.90 Å². The first-order valence-corrected chi connectivity index (χ1v) is 4.65. The molecular weight excluding hydrogens is 148 g/mol. The summed E-state index contributed by atoms with van der Waals surface area (Å²) in [5, 5.41) is 3.40. The zero-order valence-electron chi connectivity index (χ0n) is 7.84. The Hall–Kier alpha value is -0.520. The summed E-state index contributed by atoms with van der Waals surface area (Å²) in [6, 6.07) is 0. The quantitative estimate of drug-likeness (QED) is 0.616. The van der Waals surface area contributed by atoms with Gasteiger partial charge in [-0.05, 0) is 38.9 Å². The van der Waals surface area contributed by atoms with Crippen molar-refractivity contribution < 1.29 is 0 Å². The molecule has 12 heavy (non-hydrogen) atoms. The average Bonchev–Trinajstić information content (AvgIpc) is 2.06. The zero-order chi connectivity index (χ0) is 8.81. The van der Waals surface area contributed by atoms with Crippen LogP contribution in [0.4, 0.5) is 0 Å². The molecule has 0 aromatic rings. The smallest absolute Gasteiger partial charge is 0.0596 e. The van der Waals surface area contributed by atoms with Gasteiger partial charge in [0, 0.05) is 6.54 Å². The lowest BCUT2D eigenvalue weighted by molar-refractivity contribution is 0.262. The third-order valence-corrected chi connectivity index (χ3v) is 2.33. The summed E-state index contributed by atoms with van der Waals surface area (Å²) >= 11 is 0. The van der Waals surface area contributed by atoms with Crippen molar-refractivity contribution in [3.63, 3.8) is 0 Å². The van der Waals surface area contributed by atoms with Crippen LogP contribution >= 0.6 is 0 Å². The first kappa shape index (κ1) is 9.57. The summed E-state index contributed by atoms with van der Waals surface area (Å²) in [6.45, 7) is 4.26. The van der Waals surface area contributed by atoms with Crippen molar-refractivity contribution in [2.24, 2.45) is 5.92 Å². The van der Waals surface area contributed by atoms with E-state index in [0.29, 0.717) is 0 Å². The van der Waals surface area contributed by atoms with E-state index in [9.17, 15) is 0 Å². The number of hydrogen-bond donors (Lipinski definition) is 1. The molecule has 2 heteroatoms. The molecule has 1 atom stereocenters. The molecule has 0 radical (unpaired) electrons. The molecular formula is C10H18N2. The lowest BCUT2D eigenvalue weighted by Crippen LogP contribution is -2.36. The predicted molar refractivity (Wildman–Crippen MR) is 51.9 cm³/mol. The molecule has 1 heterocycles. The van der Waals surface area contributed by atoms with E-state index in [-0.39, 0.29) is 0 Å². The van der Waals surface area contributed by atoms with Crippen LogP contribution in [0.1, 0.15) is 12.8 Å². The average molecular weight is 166 g/mol. The zero-order valence-corrected chi connectivity index (χ0v) is 7.84. The maximum atomic E-state index is 5.23. The van der Waals surface area contributed by atoms with E-state index in [1.807, 2.05) is 0 Å². The van der Waals surface area contributed by atoms with Crippen molar-refractivity contribution >= 4 is 0 Å². The van der Waals surface area contributed by atoms with E-state index in [4.69, 9.17) is 6.42 Å². The molecule has 1 aliphatic rings. The molecule has 0 bridgehead atoms. The van der Waals surface area contributed by atoms with Crippen LogP contribution in [-0.4, -0.2) is 38.1 Å². The Kier molecular flexibility index (Phi) is 4.13. The van der Waals surface area contributed by atoms with Crippen molar-refractivity contribution in [1.82, 2.24) is 10.2 Å². The van der Waals surface area contributed by atoms with Gasteiger partial charge in [0.15, 0.2) is 0 Å². The van der Waals surface area contributed by atoms with Crippen LogP contribution in [0.5, 0.6) is 0 Å². The summed E-state index contributed by atoms with van der Waals surface area (Å²) in [5.74, 6) is 3.47. The molecule has 1 aliphatic heterocycles. The molecule has 0 aromatic carbocycles. The standard InChI is InChI=1S/C10H18N2/c1-3-7-12(2)9-10-5-4-6-11-8-10/h1,10-11H,4-9H2,2H3/t10-/m0/s1. The highest BCUT2D eigenvalue weighted by Gasteiger charge is 2.13.